The molecule has 2 heteroatoms. The Morgan fingerprint density at radius 2 is 2.06 bits per heavy atom. The quantitative estimate of drug-likeness (QED) is 0.798. The summed E-state index contributed by atoms with van der Waals surface area (Å²) in [6, 6.07) is 10.4. The predicted octanol–water partition coefficient (Wildman–Crippen LogP) is 4.36. The Morgan fingerprint density at radius 1 is 1.28 bits per heavy atom. The van der Waals surface area contributed by atoms with Gasteiger partial charge in [0, 0.05) is 10.6 Å². The fourth-order valence-electron chi connectivity index (χ4n) is 2.89. The van der Waals surface area contributed by atoms with Crippen molar-refractivity contribution in [3.63, 3.8) is 0 Å². The fourth-order valence-corrected chi connectivity index (χ4v) is 3.87. The molecule has 0 spiro atoms. The second-order valence-electron chi connectivity index (χ2n) is 5.39. The number of hydrogen-bond acceptors (Lipinski definition) is 2. The number of hydrogen-bond donors (Lipinski definition) is 1. The third-order valence-electron chi connectivity index (χ3n) is 4.11. The summed E-state index contributed by atoms with van der Waals surface area (Å²) < 4.78 is 0. The monoisotopic (exact) mass is 264 g/mol. The molecule has 1 aliphatic rings. The van der Waals surface area contributed by atoms with Gasteiger partial charge in [-0.1, -0.05) is 44.4 Å². The molecule has 1 aliphatic carbocycles. The maximum atomic E-state index is 10.3. The van der Waals surface area contributed by atoms with E-state index in [1.54, 1.807) is 11.8 Å². The summed E-state index contributed by atoms with van der Waals surface area (Å²) in [6.07, 6.45) is 6.25. The zero-order valence-electron chi connectivity index (χ0n) is 11.2. The van der Waals surface area contributed by atoms with E-state index in [0.717, 1.165) is 11.7 Å². The molecule has 1 aromatic carbocycles. The van der Waals surface area contributed by atoms with Gasteiger partial charge in [-0.05, 0) is 36.8 Å². The van der Waals surface area contributed by atoms with Crippen LogP contribution in [0.1, 0.15) is 39.0 Å². The van der Waals surface area contributed by atoms with Crippen molar-refractivity contribution < 1.29 is 5.11 Å². The van der Waals surface area contributed by atoms with Crippen LogP contribution in [-0.4, -0.2) is 17.0 Å². The first-order chi connectivity index (χ1) is 8.79. The predicted molar refractivity (Wildman–Crippen MR) is 78.9 cm³/mol. The molecule has 1 saturated carbocycles. The van der Waals surface area contributed by atoms with E-state index in [0.29, 0.717) is 5.92 Å². The molecular formula is C16H24OS. The van der Waals surface area contributed by atoms with Crippen molar-refractivity contribution in [1.29, 1.82) is 0 Å². The molecule has 1 aromatic rings. The van der Waals surface area contributed by atoms with Crippen LogP contribution in [0.5, 0.6) is 0 Å². The smallest absolute Gasteiger partial charge is 0.0662 e. The molecule has 18 heavy (non-hydrogen) atoms. The van der Waals surface area contributed by atoms with E-state index in [1.807, 2.05) is 6.07 Å². The number of aliphatic hydroxyl groups is 1. The van der Waals surface area contributed by atoms with Gasteiger partial charge in [-0.25, -0.2) is 0 Å². The normalized spacial score (nSPS) is 25.9. The van der Waals surface area contributed by atoms with Gasteiger partial charge in [-0.15, -0.1) is 11.8 Å². The Hall–Kier alpha value is -0.470. The van der Waals surface area contributed by atoms with Crippen molar-refractivity contribution in [1.82, 2.24) is 0 Å². The Kier molecular flexibility index (Phi) is 5.58. The zero-order chi connectivity index (χ0) is 12.8. The van der Waals surface area contributed by atoms with Gasteiger partial charge in [-0.2, -0.15) is 0 Å². The van der Waals surface area contributed by atoms with E-state index >= 15 is 0 Å². The van der Waals surface area contributed by atoms with Gasteiger partial charge in [0.1, 0.15) is 0 Å². The molecule has 1 N–H and O–H groups in total. The average Bonchev–Trinajstić information content (AvgIpc) is 2.46. The molecule has 100 valence electrons. The third kappa shape index (κ3) is 4.03. The minimum absolute atomic E-state index is 0.135. The molecule has 3 unspecified atom stereocenters. The SMILES string of the molecule is CCC1CCCC(C(O)CSc2ccccc2)C1. The first-order valence-electron chi connectivity index (χ1n) is 7.15. The molecule has 1 nitrogen and oxygen atoms in total. The van der Waals surface area contributed by atoms with Crippen LogP contribution >= 0.6 is 11.8 Å². The van der Waals surface area contributed by atoms with E-state index < -0.39 is 0 Å². The number of benzene rings is 1. The molecule has 2 rings (SSSR count). The van der Waals surface area contributed by atoms with E-state index in [4.69, 9.17) is 0 Å². The summed E-state index contributed by atoms with van der Waals surface area (Å²) in [6.45, 7) is 2.28. The molecule has 0 bridgehead atoms. The molecule has 3 atom stereocenters. The zero-order valence-corrected chi connectivity index (χ0v) is 12.0. The highest BCUT2D eigenvalue weighted by molar-refractivity contribution is 7.99. The van der Waals surface area contributed by atoms with Gasteiger partial charge in [-0.3, -0.25) is 0 Å². The first kappa shape index (κ1) is 14.0. The Labute approximate surface area is 115 Å². The van der Waals surface area contributed by atoms with Gasteiger partial charge in [0.2, 0.25) is 0 Å². The molecule has 0 radical (unpaired) electrons. The van der Waals surface area contributed by atoms with E-state index in [-0.39, 0.29) is 6.10 Å². The average molecular weight is 264 g/mol. The lowest BCUT2D eigenvalue weighted by Gasteiger charge is -2.31. The van der Waals surface area contributed by atoms with Crippen molar-refractivity contribution in [3.8, 4) is 0 Å². The third-order valence-corrected chi connectivity index (χ3v) is 5.22. The molecule has 0 saturated heterocycles. The second kappa shape index (κ2) is 7.20. The lowest BCUT2D eigenvalue weighted by Crippen LogP contribution is -2.28. The number of rotatable bonds is 5. The molecule has 0 aromatic heterocycles. The highest BCUT2D eigenvalue weighted by Crippen LogP contribution is 2.34. The second-order valence-corrected chi connectivity index (χ2v) is 6.49. The highest BCUT2D eigenvalue weighted by Gasteiger charge is 2.26. The Balaban J connectivity index is 1.79. The maximum Gasteiger partial charge on any atom is 0.0662 e. The fraction of sp³-hybridized carbons (Fsp3) is 0.625. The summed E-state index contributed by atoms with van der Waals surface area (Å²) in [5.74, 6) is 2.21. The summed E-state index contributed by atoms with van der Waals surface area (Å²) >= 11 is 1.78. The highest BCUT2D eigenvalue weighted by atomic mass is 32.2. The summed E-state index contributed by atoms with van der Waals surface area (Å²) in [7, 11) is 0. The standard InChI is InChI=1S/C16H24OS/c1-2-13-7-6-8-14(11-13)16(17)12-18-15-9-4-3-5-10-15/h3-5,9-10,13-14,16-17H,2,6-8,11-12H2,1H3. The van der Waals surface area contributed by atoms with Crippen LogP contribution in [0.4, 0.5) is 0 Å². The molecule has 0 aliphatic heterocycles. The van der Waals surface area contributed by atoms with E-state index in [1.165, 1.54) is 37.0 Å². The van der Waals surface area contributed by atoms with Crippen LogP contribution in [-0.2, 0) is 0 Å². The number of aliphatic hydroxyl groups excluding tert-OH is 1. The van der Waals surface area contributed by atoms with E-state index in [2.05, 4.69) is 31.2 Å². The Morgan fingerprint density at radius 3 is 2.78 bits per heavy atom. The minimum atomic E-state index is -0.135. The lowest BCUT2D eigenvalue weighted by atomic mass is 9.78. The van der Waals surface area contributed by atoms with Crippen molar-refractivity contribution in [2.24, 2.45) is 11.8 Å². The van der Waals surface area contributed by atoms with Crippen LogP contribution in [0.3, 0.4) is 0 Å². The van der Waals surface area contributed by atoms with Crippen LogP contribution < -0.4 is 0 Å². The Bertz CT molecular complexity index is 338. The topological polar surface area (TPSA) is 20.2 Å². The molecule has 0 amide bonds. The first-order valence-corrected chi connectivity index (χ1v) is 8.14. The largest absolute Gasteiger partial charge is 0.392 e. The van der Waals surface area contributed by atoms with Crippen molar-refractivity contribution in [2.75, 3.05) is 5.75 Å². The van der Waals surface area contributed by atoms with Crippen LogP contribution in [0.2, 0.25) is 0 Å². The summed E-state index contributed by atoms with van der Waals surface area (Å²) in [5, 5.41) is 10.3. The van der Waals surface area contributed by atoms with Crippen molar-refractivity contribution in [2.45, 2.75) is 50.0 Å². The summed E-state index contributed by atoms with van der Waals surface area (Å²) in [5.41, 5.74) is 0. The lowest BCUT2D eigenvalue weighted by molar-refractivity contribution is 0.0862. The molecule has 1 fully saturated rings. The van der Waals surface area contributed by atoms with Crippen molar-refractivity contribution >= 4 is 11.8 Å². The number of thioether (sulfide) groups is 1. The molecular weight excluding hydrogens is 240 g/mol. The van der Waals surface area contributed by atoms with Crippen LogP contribution in [0, 0.1) is 11.8 Å². The van der Waals surface area contributed by atoms with Gasteiger partial charge in [0.15, 0.2) is 0 Å². The van der Waals surface area contributed by atoms with Gasteiger partial charge < -0.3 is 5.11 Å². The van der Waals surface area contributed by atoms with Gasteiger partial charge >= 0.3 is 0 Å². The minimum Gasteiger partial charge on any atom is -0.392 e. The van der Waals surface area contributed by atoms with Gasteiger partial charge in [0.05, 0.1) is 6.10 Å². The van der Waals surface area contributed by atoms with Gasteiger partial charge in [0.25, 0.3) is 0 Å². The maximum absolute atomic E-state index is 10.3. The van der Waals surface area contributed by atoms with Crippen LogP contribution in [0.15, 0.2) is 35.2 Å². The van der Waals surface area contributed by atoms with Crippen LogP contribution in [0.25, 0.3) is 0 Å². The van der Waals surface area contributed by atoms with Crippen molar-refractivity contribution in [3.05, 3.63) is 30.3 Å². The van der Waals surface area contributed by atoms with E-state index in [9.17, 15) is 5.11 Å². The molecule has 0 heterocycles. The summed E-state index contributed by atoms with van der Waals surface area (Å²) in [4.78, 5) is 1.26.